The number of nitrogens with zero attached hydrogens (tertiary/aromatic N) is 1. The Kier molecular flexibility index (Phi) is 5.17. The number of nitrogen functional groups attached to an aromatic ring is 1. The fourth-order valence-corrected chi connectivity index (χ4v) is 2.56. The molecule has 0 saturated heterocycles. The smallest absolute Gasteiger partial charge is 0.343 e. The van der Waals surface area contributed by atoms with Gasteiger partial charge in [0, 0.05) is 5.69 Å². The van der Waals surface area contributed by atoms with Crippen molar-refractivity contribution >= 4 is 45.7 Å². The van der Waals surface area contributed by atoms with E-state index in [4.69, 9.17) is 22.1 Å². The van der Waals surface area contributed by atoms with Crippen molar-refractivity contribution in [2.75, 3.05) is 11.1 Å². The van der Waals surface area contributed by atoms with Gasteiger partial charge in [0.05, 0.1) is 10.7 Å². The van der Waals surface area contributed by atoms with Gasteiger partial charge in [0.15, 0.2) is 6.10 Å². The number of nitrogens with two attached hydrogens (primary N) is 1. The zero-order chi connectivity index (χ0) is 17.1. The van der Waals surface area contributed by atoms with E-state index in [1.807, 2.05) is 0 Å². The Morgan fingerprint density at radius 1 is 1.48 bits per heavy atom. The summed E-state index contributed by atoms with van der Waals surface area (Å²) >= 11 is 6.61. The first-order valence-electron chi connectivity index (χ1n) is 6.48. The van der Waals surface area contributed by atoms with Crippen molar-refractivity contribution in [1.29, 1.82) is 0 Å². The molecule has 0 spiro atoms. The van der Waals surface area contributed by atoms with Gasteiger partial charge in [-0.2, -0.15) is 4.37 Å². The van der Waals surface area contributed by atoms with Crippen LogP contribution in [-0.2, 0) is 9.53 Å². The Morgan fingerprint density at radius 3 is 2.74 bits per heavy atom. The molecule has 1 amide bonds. The summed E-state index contributed by atoms with van der Waals surface area (Å²) in [5, 5.41) is 2.58. The molecule has 0 fully saturated rings. The SMILES string of the molecule is Cc1nsc(N)c1C(=O)OC(C)C(=O)Nc1ccc(F)c(Cl)c1. The fraction of sp³-hybridized carbons (Fsp3) is 0.214. The molecule has 0 bridgehead atoms. The van der Waals surface area contributed by atoms with Gasteiger partial charge < -0.3 is 15.8 Å². The Hall–Kier alpha value is -2.19. The summed E-state index contributed by atoms with van der Waals surface area (Å²) in [6, 6.07) is 3.72. The largest absolute Gasteiger partial charge is 0.449 e. The van der Waals surface area contributed by atoms with E-state index in [1.54, 1.807) is 6.92 Å². The summed E-state index contributed by atoms with van der Waals surface area (Å²) in [5.41, 5.74) is 6.53. The molecule has 0 aliphatic rings. The van der Waals surface area contributed by atoms with Gasteiger partial charge in [-0.15, -0.1) is 0 Å². The first-order chi connectivity index (χ1) is 10.8. The molecular formula is C14H13ClFN3O3S. The summed E-state index contributed by atoms with van der Waals surface area (Å²) in [6.45, 7) is 3.03. The van der Waals surface area contributed by atoms with Gasteiger partial charge in [-0.25, -0.2) is 9.18 Å². The molecule has 0 aliphatic heterocycles. The Morgan fingerprint density at radius 2 is 2.17 bits per heavy atom. The maximum absolute atomic E-state index is 13.1. The van der Waals surface area contributed by atoms with Crippen LogP contribution >= 0.6 is 23.1 Å². The van der Waals surface area contributed by atoms with Gasteiger partial charge in [-0.05, 0) is 43.6 Å². The minimum absolute atomic E-state index is 0.125. The van der Waals surface area contributed by atoms with Crippen LogP contribution in [0.25, 0.3) is 0 Å². The van der Waals surface area contributed by atoms with E-state index in [9.17, 15) is 14.0 Å². The zero-order valence-corrected chi connectivity index (χ0v) is 13.8. The van der Waals surface area contributed by atoms with E-state index in [0.29, 0.717) is 5.69 Å². The first-order valence-corrected chi connectivity index (χ1v) is 7.63. The lowest BCUT2D eigenvalue weighted by Gasteiger charge is -2.13. The number of carbonyl (C=O) groups excluding carboxylic acids is 2. The highest BCUT2D eigenvalue weighted by Crippen LogP contribution is 2.23. The Labute approximate surface area is 140 Å². The molecule has 1 aromatic carbocycles. The molecule has 0 saturated carbocycles. The van der Waals surface area contributed by atoms with E-state index in [2.05, 4.69) is 9.69 Å². The van der Waals surface area contributed by atoms with Crippen LogP contribution in [0.5, 0.6) is 0 Å². The monoisotopic (exact) mass is 357 g/mol. The zero-order valence-electron chi connectivity index (χ0n) is 12.2. The maximum atomic E-state index is 13.1. The van der Waals surface area contributed by atoms with Crippen LogP contribution in [0.4, 0.5) is 15.1 Å². The number of amides is 1. The van der Waals surface area contributed by atoms with Crippen molar-refractivity contribution in [1.82, 2.24) is 4.37 Å². The Balaban J connectivity index is 2.02. The van der Waals surface area contributed by atoms with Crippen LogP contribution in [-0.4, -0.2) is 22.4 Å². The summed E-state index contributed by atoms with van der Waals surface area (Å²) in [6.07, 6.45) is -1.08. The third-order valence-corrected chi connectivity index (χ3v) is 3.99. The maximum Gasteiger partial charge on any atom is 0.343 e. The van der Waals surface area contributed by atoms with Gasteiger partial charge in [0.25, 0.3) is 5.91 Å². The van der Waals surface area contributed by atoms with Crippen molar-refractivity contribution in [2.24, 2.45) is 0 Å². The second-order valence-corrected chi connectivity index (χ2v) is 5.89. The third-order valence-electron chi connectivity index (χ3n) is 2.93. The predicted molar refractivity (Wildman–Crippen MR) is 86.2 cm³/mol. The highest BCUT2D eigenvalue weighted by molar-refractivity contribution is 7.10. The molecule has 9 heteroatoms. The van der Waals surface area contributed by atoms with Crippen molar-refractivity contribution in [3.63, 3.8) is 0 Å². The Bertz CT molecular complexity index is 746. The fourth-order valence-electron chi connectivity index (χ4n) is 1.73. The normalized spacial score (nSPS) is 11.8. The van der Waals surface area contributed by atoms with Crippen LogP contribution in [0.15, 0.2) is 18.2 Å². The van der Waals surface area contributed by atoms with E-state index in [0.717, 1.165) is 17.6 Å². The van der Waals surface area contributed by atoms with Gasteiger partial charge in [-0.1, -0.05) is 11.6 Å². The number of esters is 1. The topological polar surface area (TPSA) is 94.3 Å². The van der Waals surface area contributed by atoms with E-state index in [1.165, 1.54) is 19.1 Å². The number of ether oxygens (including phenoxy) is 1. The number of rotatable bonds is 4. The highest BCUT2D eigenvalue weighted by Gasteiger charge is 2.23. The summed E-state index contributed by atoms with van der Waals surface area (Å²) in [7, 11) is 0. The van der Waals surface area contributed by atoms with Crippen LogP contribution < -0.4 is 11.1 Å². The molecule has 1 atom stereocenters. The summed E-state index contributed by atoms with van der Waals surface area (Å²) < 4.78 is 22.1. The van der Waals surface area contributed by atoms with Gasteiger partial charge in [-0.3, -0.25) is 4.79 Å². The van der Waals surface area contributed by atoms with Crippen LogP contribution in [0.2, 0.25) is 5.02 Å². The number of aryl methyl sites for hydroxylation is 1. The lowest BCUT2D eigenvalue weighted by Crippen LogP contribution is -2.30. The van der Waals surface area contributed by atoms with Gasteiger partial charge in [0.2, 0.25) is 0 Å². The number of halogens is 2. The summed E-state index contributed by atoms with van der Waals surface area (Å²) in [5.74, 6) is -1.91. The molecule has 0 radical (unpaired) electrons. The number of carbonyl (C=O) groups is 2. The number of nitrogens with one attached hydrogen (secondary N) is 1. The van der Waals surface area contributed by atoms with Crippen molar-refractivity contribution in [3.05, 3.63) is 40.3 Å². The number of benzene rings is 1. The molecule has 1 heterocycles. The third kappa shape index (κ3) is 3.96. The quantitative estimate of drug-likeness (QED) is 0.820. The molecule has 0 aliphatic carbocycles. The lowest BCUT2D eigenvalue weighted by atomic mass is 10.2. The second kappa shape index (κ2) is 6.93. The molecule has 122 valence electrons. The number of anilines is 2. The van der Waals surface area contributed by atoms with E-state index >= 15 is 0 Å². The number of hydrogen-bond acceptors (Lipinski definition) is 6. The lowest BCUT2D eigenvalue weighted by molar-refractivity contribution is -0.123. The molecule has 2 rings (SSSR count). The molecule has 2 aromatic rings. The molecule has 6 nitrogen and oxygen atoms in total. The van der Waals surface area contributed by atoms with Crippen molar-refractivity contribution in [2.45, 2.75) is 20.0 Å². The first kappa shape index (κ1) is 17.2. The molecule has 1 unspecified atom stereocenters. The molecule has 1 aromatic heterocycles. The van der Waals surface area contributed by atoms with Gasteiger partial charge in [0.1, 0.15) is 16.4 Å². The molecule has 23 heavy (non-hydrogen) atoms. The van der Waals surface area contributed by atoms with Crippen LogP contribution in [0.1, 0.15) is 23.0 Å². The molecule has 3 N–H and O–H groups in total. The molecular weight excluding hydrogens is 345 g/mol. The number of aromatic nitrogens is 1. The highest BCUT2D eigenvalue weighted by atomic mass is 35.5. The average Bonchev–Trinajstić information content (AvgIpc) is 2.82. The van der Waals surface area contributed by atoms with Crippen LogP contribution in [0.3, 0.4) is 0 Å². The van der Waals surface area contributed by atoms with E-state index in [-0.39, 0.29) is 21.3 Å². The van der Waals surface area contributed by atoms with Crippen molar-refractivity contribution < 1.29 is 18.7 Å². The minimum Gasteiger partial charge on any atom is -0.449 e. The second-order valence-electron chi connectivity index (χ2n) is 4.67. The number of hydrogen-bond donors (Lipinski definition) is 2. The van der Waals surface area contributed by atoms with Gasteiger partial charge >= 0.3 is 5.97 Å². The standard InChI is InChI=1S/C14H13ClFN3O3S/c1-6-11(12(17)23-19-6)14(21)22-7(2)13(20)18-8-3-4-10(16)9(15)5-8/h3-5,7H,17H2,1-2H3,(H,18,20). The van der Waals surface area contributed by atoms with Crippen LogP contribution in [0, 0.1) is 12.7 Å². The minimum atomic E-state index is -1.08. The summed E-state index contributed by atoms with van der Waals surface area (Å²) in [4.78, 5) is 24.0. The van der Waals surface area contributed by atoms with Crippen molar-refractivity contribution in [3.8, 4) is 0 Å². The van der Waals surface area contributed by atoms with E-state index < -0.39 is 23.8 Å². The average molecular weight is 358 g/mol. The predicted octanol–water partition coefficient (Wildman–Crippen LogP) is 3.01.